The van der Waals surface area contributed by atoms with Crippen molar-refractivity contribution in [2.24, 2.45) is 5.73 Å². The van der Waals surface area contributed by atoms with Crippen molar-refractivity contribution < 1.29 is 5.11 Å². The molecule has 0 aliphatic heterocycles. The van der Waals surface area contributed by atoms with E-state index in [0.29, 0.717) is 18.7 Å². The van der Waals surface area contributed by atoms with Gasteiger partial charge in [-0.25, -0.2) is 0 Å². The predicted octanol–water partition coefficient (Wildman–Crippen LogP) is -0.374. The van der Waals surface area contributed by atoms with Gasteiger partial charge in [-0.1, -0.05) is 0 Å². The normalized spacial score (nSPS) is 14.1. The van der Waals surface area contributed by atoms with Crippen molar-refractivity contribution in [3.63, 3.8) is 0 Å². The van der Waals surface area contributed by atoms with Crippen LogP contribution in [0.3, 0.4) is 0 Å². The summed E-state index contributed by atoms with van der Waals surface area (Å²) in [6.45, 7) is 0.543. The summed E-state index contributed by atoms with van der Waals surface area (Å²) in [6, 6.07) is 0. The minimum atomic E-state index is -0.312. The lowest BCUT2D eigenvalue weighted by molar-refractivity contribution is 0.192. The van der Waals surface area contributed by atoms with Crippen LogP contribution in [0.4, 0.5) is 0 Å². The standard InChI is InChI=1S/C4H11NOS/c5-2-1-4(6)3-7/h4,6-7H,1-3,5H2/t4-/m0/s1. The molecule has 44 valence electrons. The summed E-state index contributed by atoms with van der Waals surface area (Å²) in [4.78, 5) is 0. The van der Waals surface area contributed by atoms with Gasteiger partial charge in [0.05, 0.1) is 6.10 Å². The summed E-state index contributed by atoms with van der Waals surface area (Å²) in [5, 5.41) is 8.70. The topological polar surface area (TPSA) is 46.2 Å². The summed E-state index contributed by atoms with van der Waals surface area (Å²) in [6.07, 6.45) is 0.345. The lowest BCUT2D eigenvalue weighted by Gasteiger charge is -2.01. The summed E-state index contributed by atoms with van der Waals surface area (Å²) in [5.74, 6) is 0.511. The van der Waals surface area contributed by atoms with E-state index >= 15 is 0 Å². The smallest absolute Gasteiger partial charge is 0.0640 e. The van der Waals surface area contributed by atoms with Crippen LogP contribution in [0, 0.1) is 0 Å². The molecule has 3 N–H and O–H groups in total. The van der Waals surface area contributed by atoms with E-state index in [1.807, 2.05) is 0 Å². The molecule has 0 aliphatic carbocycles. The van der Waals surface area contributed by atoms with Gasteiger partial charge in [0.1, 0.15) is 0 Å². The van der Waals surface area contributed by atoms with Gasteiger partial charge >= 0.3 is 0 Å². The van der Waals surface area contributed by atoms with Gasteiger partial charge in [0.25, 0.3) is 0 Å². The van der Waals surface area contributed by atoms with Gasteiger partial charge in [0.15, 0.2) is 0 Å². The van der Waals surface area contributed by atoms with Gasteiger partial charge in [-0.15, -0.1) is 0 Å². The molecule has 0 spiro atoms. The Hall–Kier alpha value is 0.270. The molecule has 0 aliphatic rings. The molecular weight excluding hydrogens is 110 g/mol. The molecule has 0 bridgehead atoms. The first-order valence-electron chi connectivity index (χ1n) is 2.30. The van der Waals surface area contributed by atoms with Crippen molar-refractivity contribution in [1.29, 1.82) is 0 Å². The van der Waals surface area contributed by atoms with E-state index in [2.05, 4.69) is 12.6 Å². The molecule has 0 unspecified atom stereocenters. The number of thiol groups is 1. The zero-order valence-electron chi connectivity index (χ0n) is 4.17. The Morgan fingerprint density at radius 1 is 1.71 bits per heavy atom. The van der Waals surface area contributed by atoms with E-state index in [1.54, 1.807) is 0 Å². The largest absolute Gasteiger partial charge is 0.392 e. The lowest BCUT2D eigenvalue weighted by Crippen LogP contribution is -2.14. The summed E-state index contributed by atoms with van der Waals surface area (Å²) >= 11 is 3.84. The molecule has 0 radical (unpaired) electrons. The second-order valence-electron chi connectivity index (χ2n) is 1.41. The van der Waals surface area contributed by atoms with E-state index in [-0.39, 0.29) is 6.10 Å². The molecule has 0 fully saturated rings. The molecule has 2 nitrogen and oxygen atoms in total. The second-order valence-corrected chi connectivity index (χ2v) is 1.78. The van der Waals surface area contributed by atoms with E-state index < -0.39 is 0 Å². The highest BCUT2D eigenvalue weighted by Crippen LogP contribution is 1.89. The monoisotopic (exact) mass is 121 g/mol. The zero-order valence-corrected chi connectivity index (χ0v) is 5.06. The average molecular weight is 121 g/mol. The third-order valence-electron chi connectivity index (χ3n) is 0.711. The quantitative estimate of drug-likeness (QED) is 0.446. The molecule has 1 atom stereocenters. The molecule has 3 heteroatoms. The lowest BCUT2D eigenvalue weighted by atomic mass is 10.3. The fraction of sp³-hybridized carbons (Fsp3) is 1.00. The Bertz CT molecular complexity index is 42.7. The zero-order chi connectivity index (χ0) is 5.70. The number of aliphatic hydroxyl groups excluding tert-OH is 1. The molecule has 7 heavy (non-hydrogen) atoms. The van der Waals surface area contributed by atoms with Crippen molar-refractivity contribution in [3.05, 3.63) is 0 Å². The van der Waals surface area contributed by atoms with Crippen LogP contribution in [0.2, 0.25) is 0 Å². The van der Waals surface area contributed by atoms with Crippen molar-refractivity contribution in [3.8, 4) is 0 Å². The van der Waals surface area contributed by atoms with Gasteiger partial charge in [-0.05, 0) is 13.0 Å². The van der Waals surface area contributed by atoms with Crippen LogP contribution in [-0.4, -0.2) is 23.5 Å². The summed E-state index contributed by atoms with van der Waals surface area (Å²) in [7, 11) is 0. The molecule has 0 aromatic carbocycles. The fourth-order valence-corrected chi connectivity index (χ4v) is 0.466. The molecule has 0 aromatic rings. The number of rotatable bonds is 3. The maximum atomic E-state index is 8.70. The SMILES string of the molecule is NCC[C@H](O)CS. The molecule has 0 amide bonds. The minimum Gasteiger partial charge on any atom is -0.392 e. The van der Waals surface area contributed by atoms with Crippen LogP contribution in [0.15, 0.2) is 0 Å². The van der Waals surface area contributed by atoms with Gasteiger partial charge in [-0.3, -0.25) is 0 Å². The summed E-state index contributed by atoms with van der Waals surface area (Å²) in [5.41, 5.74) is 5.11. The van der Waals surface area contributed by atoms with E-state index in [9.17, 15) is 0 Å². The van der Waals surface area contributed by atoms with Crippen LogP contribution >= 0.6 is 12.6 Å². The maximum absolute atomic E-state index is 8.70. The Morgan fingerprint density at radius 3 is 2.43 bits per heavy atom. The van der Waals surface area contributed by atoms with Crippen molar-refractivity contribution >= 4 is 12.6 Å². The Labute approximate surface area is 49.1 Å². The average Bonchev–Trinajstić information content (AvgIpc) is 1.68. The van der Waals surface area contributed by atoms with Crippen molar-refractivity contribution in [1.82, 2.24) is 0 Å². The third-order valence-corrected chi connectivity index (χ3v) is 1.13. The molecule has 0 saturated carbocycles. The highest BCUT2D eigenvalue weighted by atomic mass is 32.1. The number of aliphatic hydroxyl groups is 1. The molecular formula is C4H11NOS. The second kappa shape index (κ2) is 4.43. The van der Waals surface area contributed by atoms with E-state index in [4.69, 9.17) is 10.8 Å². The molecule has 0 rings (SSSR count). The highest BCUT2D eigenvalue weighted by molar-refractivity contribution is 7.80. The predicted molar refractivity (Wildman–Crippen MR) is 33.5 cm³/mol. The first-order valence-corrected chi connectivity index (χ1v) is 2.93. The first kappa shape index (κ1) is 7.27. The highest BCUT2D eigenvalue weighted by Gasteiger charge is 1.95. The number of nitrogens with two attached hydrogens (primary N) is 1. The van der Waals surface area contributed by atoms with Crippen LogP contribution in [0.5, 0.6) is 0 Å². The Morgan fingerprint density at radius 2 is 2.29 bits per heavy atom. The number of hydrogen-bond donors (Lipinski definition) is 3. The van der Waals surface area contributed by atoms with Crippen molar-refractivity contribution in [2.75, 3.05) is 12.3 Å². The molecule has 0 heterocycles. The van der Waals surface area contributed by atoms with Crippen LogP contribution in [0.1, 0.15) is 6.42 Å². The molecule has 0 saturated heterocycles. The van der Waals surface area contributed by atoms with Crippen molar-refractivity contribution in [2.45, 2.75) is 12.5 Å². The minimum absolute atomic E-state index is 0.312. The van der Waals surface area contributed by atoms with Crippen LogP contribution in [-0.2, 0) is 0 Å². The van der Waals surface area contributed by atoms with Gasteiger partial charge < -0.3 is 10.8 Å². The Balaban J connectivity index is 2.83. The summed E-state index contributed by atoms with van der Waals surface area (Å²) < 4.78 is 0. The van der Waals surface area contributed by atoms with E-state index in [0.717, 1.165) is 0 Å². The van der Waals surface area contributed by atoms with Crippen LogP contribution in [0.25, 0.3) is 0 Å². The number of hydrogen-bond acceptors (Lipinski definition) is 3. The molecule has 0 aromatic heterocycles. The van der Waals surface area contributed by atoms with E-state index in [1.165, 1.54) is 0 Å². The van der Waals surface area contributed by atoms with Gasteiger partial charge in [-0.2, -0.15) is 12.6 Å². The van der Waals surface area contributed by atoms with Crippen LogP contribution < -0.4 is 5.73 Å². The third kappa shape index (κ3) is 4.12. The van der Waals surface area contributed by atoms with Gasteiger partial charge in [0, 0.05) is 5.75 Å². The Kier molecular flexibility index (Phi) is 4.60. The first-order chi connectivity index (χ1) is 3.31. The maximum Gasteiger partial charge on any atom is 0.0640 e. The van der Waals surface area contributed by atoms with Gasteiger partial charge in [0.2, 0.25) is 0 Å². The fourth-order valence-electron chi connectivity index (χ4n) is 0.284.